The second-order valence-corrected chi connectivity index (χ2v) is 5.10. The summed E-state index contributed by atoms with van der Waals surface area (Å²) in [6.45, 7) is -0.0226. The van der Waals surface area contributed by atoms with Gasteiger partial charge in [-0.15, -0.1) is 6.42 Å². The fraction of sp³-hybridized carbons (Fsp3) is 0.111. The Kier molecular flexibility index (Phi) is 4.34. The molecule has 120 valence electrons. The molecule has 0 spiro atoms. The van der Waals surface area contributed by atoms with Gasteiger partial charge in [-0.1, -0.05) is 24.1 Å². The molecule has 0 aliphatic carbocycles. The molecule has 1 aromatic heterocycles. The molecule has 6 nitrogen and oxygen atoms in total. The Hall–Kier alpha value is -3.46. The first-order chi connectivity index (χ1) is 11.7. The molecule has 3 amide bonds. The largest absolute Gasteiger partial charge is 0.456 e. The van der Waals surface area contributed by atoms with Gasteiger partial charge in [0.15, 0.2) is 0 Å². The molecule has 24 heavy (non-hydrogen) atoms. The Balaban J connectivity index is 1.67. The van der Waals surface area contributed by atoms with Crippen molar-refractivity contribution in [3.05, 3.63) is 42.5 Å². The van der Waals surface area contributed by atoms with Gasteiger partial charge in [0.1, 0.15) is 11.2 Å². The normalized spacial score (nSPS) is 10.3. The van der Waals surface area contributed by atoms with E-state index in [4.69, 9.17) is 10.8 Å². The molecule has 3 rings (SSSR count). The quantitative estimate of drug-likeness (QED) is 0.646. The van der Waals surface area contributed by atoms with Crippen LogP contribution in [-0.2, 0) is 4.79 Å². The van der Waals surface area contributed by atoms with Crippen LogP contribution in [0.25, 0.3) is 21.9 Å². The number of rotatable bonds is 4. The topological polar surface area (TPSA) is 83.4 Å². The number of benzene rings is 2. The average Bonchev–Trinajstić information content (AvgIpc) is 2.95. The van der Waals surface area contributed by atoms with Crippen molar-refractivity contribution < 1.29 is 14.0 Å². The standard InChI is InChI=1S/C18H15N3O3/c1-2-9-19-17(22)11-20-18(23)21-12-7-8-14-13-5-3-4-6-15(13)24-16(14)10-12/h1,3-8,10H,9,11H2,(H,19,22)(H2,20,21,23). The lowest BCUT2D eigenvalue weighted by atomic mass is 10.1. The number of para-hydroxylation sites is 1. The lowest BCUT2D eigenvalue weighted by Gasteiger charge is -2.07. The molecule has 0 bridgehead atoms. The van der Waals surface area contributed by atoms with Gasteiger partial charge in [-0.2, -0.15) is 0 Å². The predicted octanol–water partition coefficient (Wildman–Crippen LogP) is 2.46. The zero-order valence-electron chi connectivity index (χ0n) is 12.8. The molecule has 0 saturated heterocycles. The molecule has 0 unspecified atom stereocenters. The zero-order chi connectivity index (χ0) is 16.9. The van der Waals surface area contributed by atoms with E-state index < -0.39 is 6.03 Å². The van der Waals surface area contributed by atoms with Gasteiger partial charge in [-0.25, -0.2) is 4.79 Å². The summed E-state index contributed by atoms with van der Waals surface area (Å²) in [4.78, 5) is 23.2. The SMILES string of the molecule is C#CCNC(=O)CNC(=O)Nc1ccc2c(c1)oc1ccccc12. The summed E-state index contributed by atoms with van der Waals surface area (Å²) in [7, 11) is 0. The number of hydrogen-bond donors (Lipinski definition) is 3. The van der Waals surface area contributed by atoms with E-state index in [1.54, 1.807) is 12.1 Å². The van der Waals surface area contributed by atoms with E-state index >= 15 is 0 Å². The van der Waals surface area contributed by atoms with Crippen LogP contribution >= 0.6 is 0 Å². The minimum atomic E-state index is -0.485. The van der Waals surface area contributed by atoms with Gasteiger partial charge in [0, 0.05) is 22.5 Å². The second kappa shape index (κ2) is 6.75. The fourth-order valence-electron chi connectivity index (χ4n) is 2.35. The molecule has 0 aliphatic rings. The summed E-state index contributed by atoms with van der Waals surface area (Å²) in [5, 5.41) is 9.57. The summed E-state index contributed by atoms with van der Waals surface area (Å²) in [6.07, 6.45) is 5.03. The van der Waals surface area contributed by atoms with Crippen molar-refractivity contribution in [1.82, 2.24) is 10.6 Å². The van der Waals surface area contributed by atoms with Gasteiger partial charge >= 0.3 is 6.03 Å². The maximum Gasteiger partial charge on any atom is 0.319 e. The molecule has 6 heteroatoms. The summed E-state index contributed by atoms with van der Waals surface area (Å²) >= 11 is 0. The highest BCUT2D eigenvalue weighted by molar-refractivity contribution is 6.06. The number of fused-ring (bicyclic) bond motifs is 3. The lowest BCUT2D eigenvalue weighted by Crippen LogP contribution is -2.39. The molecule has 3 N–H and O–H groups in total. The first-order valence-electron chi connectivity index (χ1n) is 7.33. The van der Waals surface area contributed by atoms with Crippen LogP contribution in [-0.4, -0.2) is 25.0 Å². The van der Waals surface area contributed by atoms with Gasteiger partial charge in [-0.05, 0) is 18.2 Å². The molecule has 0 radical (unpaired) electrons. The van der Waals surface area contributed by atoms with Crippen molar-refractivity contribution in [2.75, 3.05) is 18.4 Å². The first-order valence-corrected chi connectivity index (χ1v) is 7.33. The van der Waals surface area contributed by atoms with Crippen LogP contribution in [0, 0.1) is 12.3 Å². The number of hydrogen-bond acceptors (Lipinski definition) is 3. The van der Waals surface area contributed by atoms with Crippen LogP contribution < -0.4 is 16.0 Å². The number of carbonyl (C=O) groups is 2. The highest BCUT2D eigenvalue weighted by Crippen LogP contribution is 2.30. The van der Waals surface area contributed by atoms with Crippen LogP contribution in [0.4, 0.5) is 10.5 Å². The highest BCUT2D eigenvalue weighted by Gasteiger charge is 2.09. The zero-order valence-corrected chi connectivity index (χ0v) is 12.8. The maximum absolute atomic E-state index is 11.8. The van der Waals surface area contributed by atoms with E-state index in [1.165, 1.54) is 0 Å². The molecular weight excluding hydrogens is 306 g/mol. The van der Waals surface area contributed by atoms with E-state index in [1.807, 2.05) is 30.3 Å². The number of amides is 3. The van der Waals surface area contributed by atoms with Gasteiger partial charge in [0.25, 0.3) is 0 Å². The number of anilines is 1. The van der Waals surface area contributed by atoms with E-state index in [9.17, 15) is 9.59 Å². The molecular formula is C18H15N3O3. The van der Waals surface area contributed by atoms with Crippen LogP contribution in [0.5, 0.6) is 0 Å². The maximum atomic E-state index is 11.8. The molecule has 0 fully saturated rings. The van der Waals surface area contributed by atoms with Crippen molar-refractivity contribution >= 4 is 39.6 Å². The number of nitrogens with one attached hydrogen (secondary N) is 3. The summed E-state index contributed by atoms with van der Waals surface area (Å²) in [6, 6.07) is 12.7. The minimum absolute atomic E-state index is 0.130. The Morgan fingerprint density at radius 2 is 1.83 bits per heavy atom. The van der Waals surface area contributed by atoms with E-state index in [0.29, 0.717) is 11.3 Å². The Morgan fingerprint density at radius 3 is 2.67 bits per heavy atom. The molecule has 2 aromatic carbocycles. The molecule has 1 heterocycles. The monoisotopic (exact) mass is 321 g/mol. The Labute approximate surface area is 138 Å². The summed E-state index contributed by atoms with van der Waals surface area (Å²) < 4.78 is 5.76. The third-order valence-corrected chi connectivity index (χ3v) is 3.43. The third-order valence-electron chi connectivity index (χ3n) is 3.43. The second-order valence-electron chi connectivity index (χ2n) is 5.10. The number of terminal acetylenes is 1. The third kappa shape index (κ3) is 3.31. The van der Waals surface area contributed by atoms with Gasteiger partial charge in [0.05, 0.1) is 13.1 Å². The van der Waals surface area contributed by atoms with Gasteiger partial charge in [0.2, 0.25) is 5.91 Å². The van der Waals surface area contributed by atoms with E-state index in [0.717, 1.165) is 16.4 Å². The smallest absolute Gasteiger partial charge is 0.319 e. The Morgan fingerprint density at radius 1 is 1.04 bits per heavy atom. The molecule has 0 saturated carbocycles. The van der Waals surface area contributed by atoms with Crippen LogP contribution in [0.1, 0.15) is 0 Å². The number of carbonyl (C=O) groups excluding carboxylic acids is 2. The van der Waals surface area contributed by atoms with Crippen molar-refractivity contribution in [2.24, 2.45) is 0 Å². The van der Waals surface area contributed by atoms with E-state index in [2.05, 4.69) is 21.9 Å². The lowest BCUT2D eigenvalue weighted by molar-refractivity contribution is -0.119. The van der Waals surface area contributed by atoms with Gasteiger partial charge in [-0.3, -0.25) is 4.79 Å². The van der Waals surface area contributed by atoms with Crippen LogP contribution in [0.15, 0.2) is 46.9 Å². The van der Waals surface area contributed by atoms with Crippen molar-refractivity contribution in [3.63, 3.8) is 0 Å². The predicted molar refractivity (Wildman–Crippen MR) is 92.6 cm³/mol. The first kappa shape index (κ1) is 15.4. The molecule has 0 atom stereocenters. The van der Waals surface area contributed by atoms with Crippen LogP contribution in [0.3, 0.4) is 0 Å². The molecule has 0 aliphatic heterocycles. The highest BCUT2D eigenvalue weighted by atomic mass is 16.3. The number of urea groups is 1. The van der Waals surface area contributed by atoms with E-state index in [-0.39, 0.29) is 19.0 Å². The summed E-state index contributed by atoms with van der Waals surface area (Å²) in [5.74, 6) is 1.93. The fourth-order valence-corrected chi connectivity index (χ4v) is 2.35. The average molecular weight is 321 g/mol. The van der Waals surface area contributed by atoms with Crippen molar-refractivity contribution in [2.45, 2.75) is 0 Å². The minimum Gasteiger partial charge on any atom is -0.456 e. The molecule has 3 aromatic rings. The van der Waals surface area contributed by atoms with Gasteiger partial charge < -0.3 is 20.4 Å². The number of furan rings is 1. The van der Waals surface area contributed by atoms with Crippen molar-refractivity contribution in [1.29, 1.82) is 0 Å². The van der Waals surface area contributed by atoms with Crippen LogP contribution in [0.2, 0.25) is 0 Å². The van der Waals surface area contributed by atoms with Crippen molar-refractivity contribution in [3.8, 4) is 12.3 Å². The Bertz CT molecular complexity index is 953. The summed E-state index contributed by atoms with van der Waals surface area (Å²) in [5.41, 5.74) is 2.04.